The van der Waals surface area contributed by atoms with Crippen molar-refractivity contribution in [3.63, 3.8) is 0 Å². The Balaban J connectivity index is 1.97. The third-order valence-electron chi connectivity index (χ3n) is 8.09. The van der Waals surface area contributed by atoms with Crippen LogP contribution in [0.5, 0.6) is 11.5 Å². The second-order valence-electron chi connectivity index (χ2n) is 16.2. The fourth-order valence-electron chi connectivity index (χ4n) is 4.97. The zero-order valence-corrected chi connectivity index (χ0v) is 26.9. The van der Waals surface area contributed by atoms with Crippen LogP contribution in [0.1, 0.15) is 130 Å². The summed E-state index contributed by atoms with van der Waals surface area (Å²) in [5.74, 6) is 0.604. The number of rotatable bonds is 4. The second-order valence-corrected chi connectivity index (χ2v) is 16.2. The molecule has 0 amide bonds. The highest BCUT2D eigenvalue weighted by Crippen LogP contribution is 2.51. The van der Waals surface area contributed by atoms with Crippen LogP contribution in [0.3, 0.4) is 0 Å². The van der Waals surface area contributed by atoms with Crippen molar-refractivity contribution < 1.29 is 10.2 Å². The zero-order valence-electron chi connectivity index (χ0n) is 26.9. The Bertz CT molecular complexity index is 1190. The molecule has 1 aliphatic carbocycles. The van der Waals surface area contributed by atoms with Gasteiger partial charge in [0.2, 0.25) is 0 Å². The topological polar surface area (TPSA) is 65.2 Å². The van der Waals surface area contributed by atoms with Crippen LogP contribution < -0.4 is 0 Å². The van der Waals surface area contributed by atoms with Gasteiger partial charge >= 0.3 is 0 Å². The van der Waals surface area contributed by atoms with Gasteiger partial charge < -0.3 is 10.2 Å². The molecular weight excluding hydrogens is 480 g/mol. The van der Waals surface area contributed by atoms with Crippen LogP contribution in [-0.2, 0) is 21.7 Å². The van der Waals surface area contributed by atoms with Crippen molar-refractivity contribution in [2.24, 2.45) is 15.4 Å². The third kappa shape index (κ3) is 6.58. The van der Waals surface area contributed by atoms with E-state index < -0.39 is 0 Å². The molecule has 1 fully saturated rings. The first kappa shape index (κ1) is 30.9. The monoisotopic (exact) mass is 532 g/mol. The van der Waals surface area contributed by atoms with E-state index in [9.17, 15) is 10.2 Å². The number of hydrogen-bond acceptors (Lipinski definition) is 4. The Morgan fingerprint density at radius 2 is 0.872 bits per heavy atom. The van der Waals surface area contributed by atoms with E-state index in [1.54, 1.807) is 0 Å². The molecule has 2 atom stereocenters. The van der Waals surface area contributed by atoms with Crippen molar-refractivity contribution in [3.8, 4) is 11.5 Å². The Morgan fingerprint density at radius 3 is 1.13 bits per heavy atom. The summed E-state index contributed by atoms with van der Waals surface area (Å²) in [6.45, 7) is 30.2. The van der Waals surface area contributed by atoms with Gasteiger partial charge in [-0.25, -0.2) is 0 Å². The van der Waals surface area contributed by atoms with Crippen LogP contribution in [0.15, 0.2) is 34.3 Å². The van der Waals surface area contributed by atoms with Crippen molar-refractivity contribution >= 4 is 12.4 Å². The smallest absolute Gasteiger partial charge is 0.128 e. The summed E-state index contributed by atoms with van der Waals surface area (Å²) in [4.78, 5) is 9.87. The summed E-state index contributed by atoms with van der Waals surface area (Å²) >= 11 is 0. The first-order chi connectivity index (χ1) is 17.5. The van der Waals surface area contributed by atoms with Gasteiger partial charge in [-0.05, 0) is 44.9 Å². The highest BCUT2D eigenvalue weighted by atomic mass is 16.3. The molecule has 2 aromatic rings. The van der Waals surface area contributed by atoms with Gasteiger partial charge in [0.1, 0.15) is 11.5 Å². The lowest BCUT2D eigenvalue weighted by molar-refractivity contribution is 0.443. The Labute approximate surface area is 237 Å². The number of aromatic hydroxyl groups is 2. The number of benzene rings is 2. The fraction of sp³-hybridized carbons (Fsp3) is 0.600. The zero-order chi connectivity index (χ0) is 29.9. The summed E-state index contributed by atoms with van der Waals surface area (Å²) < 4.78 is 0. The van der Waals surface area contributed by atoms with E-state index >= 15 is 0 Å². The molecule has 0 bridgehead atoms. The fourth-order valence-corrected chi connectivity index (χ4v) is 4.97. The molecule has 0 aromatic heterocycles. The van der Waals surface area contributed by atoms with Crippen molar-refractivity contribution in [3.05, 3.63) is 57.6 Å². The summed E-state index contributed by atoms with van der Waals surface area (Å²) in [6, 6.07) is 8.38. The summed E-state index contributed by atoms with van der Waals surface area (Å²) in [5, 5.41) is 22.3. The molecule has 0 heterocycles. The normalized spacial score (nSPS) is 20.3. The van der Waals surface area contributed by atoms with Gasteiger partial charge in [-0.1, -0.05) is 109 Å². The molecule has 4 heteroatoms. The van der Waals surface area contributed by atoms with Gasteiger partial charge in [-0.3, -0.25) is 9.98 Å². The maximum atomic E-state index is 11.2. The number of phenols is 2. The van der Waals surface area contributed by atoms with Crippen LogP contribution >= 0.6 is 0 Å². The maximum absolute atomic E-state index is 11.2. The lowest BCUT2D eigenvalue weighted by Gasteiger charge is -2.27. The van der Waals surface area contributed by atoms with Crippen molar-refractivity contribution in [1.29, 1.82) is 0 Å². The minimum Gasteiger partial charge on any atom is -0.507 e. The van der Waals surface area contributed by atoms with Gasteiger partial charge in [0.05, 0.1) is 12.1 Å². The van der Waals surface area contributed by atoms with Gasteiger partial charge in [-0.15, -0.1) is 0 Å². The average Bonchev–Trinajstić information content (AvgIpc) is 3.27. The number of aliphatic imine (C=N–C) groups is 2. The highest BCUT2D eigenvalue weighted by molar-refractivity contribution is 5.87. The van der Waals surface area contributed by atoms with E-state index in [-0.39, 0.29) is 39.2 Å². The lowest BCUT2D eigenvalue weighted by atomic mass is 9.79. The van der Waals surface area contributed by atoms with Crippen molar-refractivity contribution in [2.45, 2.75) is 131 Å². The largest absolute Gasteiger partial charge is 0.507 e. The van der Waals surface area contributed by atoms with Crippen LogP contribution in [0.4, 0.5) is 0 Å². The van der Waals surface area contributed by atoms with Crippen molar-refractivity contribution in [1.82, 2.24) is 0 Å². The number of hydrogen-bond donors (Lipinski definition) is 2. The molecule has 39 heavy (non-hydrogen) atoms. The van der Waals surface area contributed by atoms with E-state index in [0.29, 0.717) is 11.5 Å². The second kappa shape index (κ2) is 9.78. The lowest BCUT2D eigenvalue weighted by Crippen LogP contribution is -2.17. The average molecular weight is 533 g/mol. The number of nitrogens with zero attached hydrogens (tertiary/aromatic N) is 2. The Kier molecular flexibility index (Phi) is 7.76. The Hall–Kier alpha value is -2.62. The van der Waals surface area contributed by atoms with Gasteiger partial charge in [-0.2, -0.15) is 0 Å². The standard InChI is InChI=1S/C35H52N2O2/c1-31(2,3)23-15-21(27(38)25(17-23)33(7,8)9)19-36-29-30(35(29,13)14)37-20-22-16-24(32(4,5)6)18-26(28(22)39)34(10,11)12/h15-20,29-30,38-39H,1-14H3/t29-,30-/m1/s1. The van der Waals surface area contributed by atoms with Crippen LogP contribution in [-0.4, -0.2) is 34.7 Å². The molecule has 0 unspecified atom stereocenters. The first-order valence-corrected chi connectivity index (χ1v) is 14.3. The first-order valence-electron chi connectivity index (χ1n) is 14.3. The molecule has 0 radical (unpaired) electrons. The number of phenolic OH excluding ortho intramolecular Hbond substituents is 2. The molecule has 214 valence electrons. The van der Waals surface area contributed by atoms with Gasteiger partial charge in [0, 0.05) is 40.1 Å². The summed E-state index contributed by atoms with van der Waals surface area (Å²) in [7, 11) is 0. The summed E-state index contributed by atoms with van der Waals surface area (Å²) in [6.07, 6.45) is 3.66. The van der Waals surface area contributed by atoms with Crippen LogP contribution in [0, 0.1) is 5.41 Å². The predicted octanol–water partition coefficient (Wildman–Crippen LogP) is 8.60. The van der Waals surface area contributed by atoms with E-state index in [0.717, 1.165) is 22.3 Å². The van der Waals surface area contributed by atoms with E-state index in [1.807, 2.05) is 12.4 Å². The summed E-state index contributed by atoms with van der Waals surface area (Å²) in [5.41, 5.74) is 5.17. The molecule has 2 aromatic carbocycles. The van der Waals surface area contributed by atoms with Crippen molar-refractivity contribution in [2.75, 3.05) is 0 Å². The molecular formula is C35H52N2O2. The van der Waals surface area contributed by atoms with E-state index in [2.05, 4.69) is 121 Å². The Morgan fingerprint density at radius 1 is 0.564 bits per heavy atom. The molecule has 0 aliphatic heterocycles. The van der Waals surface area contributed by atoms with Crippen LogP contribution in [0.25, 0.3) is 0 Å². The quantitative estimate of drug-likeness (QED) is 0.387. The predicted molar refractivity (Wildman–Crippen MR) is 168 cm³/mol. The molecule has 4 nitrogen and oxygen atoms in total. The molecule has 0 saturated heterocycles. The minimum absolute atomic E-state index is 0.000410. The molecule has 1 aliphatic rings. The van der Waals surface area contributed by atoms with E-state index in [4.69, 9.17) is 9.98 Å². The minimum atomic E-state index is -0.185. The van der Waals surface area contributed by atoms with Gasteiger partial charge in [0.15, 0.2) is 0 Å². The maximum Gasteiger partial charge on any atom is 0.128 e. The van der Waals surface area contributed by atoms with Crippen LogP contribution in [0.2, 0.25) is 0 Å². The SMILES string of the molecule is CC(C)(C)c1cc(C=N[C@@H]2[C@@H](N=Cc3cc(C(C)(C)C)cc(C(C)(C)C)c3O)C2(C)C)c(O)c(C(C)(C)C)c1. The molecule has 0 spiro atoms. The van der Waals surface area contributed by atoms with Gasteiger partial charge in [0.25, 0.3) is 0 Å². The molecule has 2 N–H and O–H groups in total. The third-order valence-corrected chi connectivity index (χ3v) is 8.09. The molecule has 3 rings (SSSR count). The van der Waals surface area contributed by atoms with E-state index in [1.165, 1.54) is 11.1 Å². The highest BCUT2D eigenvalue weighted by Gasteiger charge is 2.58. The molecule has 1 saturated carbocycles.